The van der Waals surface area contributed by atoms with Crippen LogP contribution in [0.5, 0.6) is 0 Å². The average Bonchev–Trinajstić information content (AvgIpc) is 3.06. The number of hydrogen-bond donors (Lipinski definition) is 2. The normalized spacial score (nSPS) is 30.2. The molecule has 0 aromatic carbocycles. The zero-order valence-electron chi connectivity index (χ0n) is 17.9. The fourth-order valence-corrected chi connectivity index (χ4v) is 7.46. The number of halogens is 1. The van der Waals surface area contributed by atoms with Crippen LogP contribution < -0.4 is 10.6 Å². The molecule has 1 saturated heterocycles. The maximum Gasteiger partial charge on any atom is 0.224 e. The molecular formula is C24H32BrN3O2S. The number of likely N-dealkylation sites (tertiary alicyclic amines) is 1. The summed E-state index contributed by atoms with van der Waals surface area (Å²) >= 11 is 5.10. The summed E-state index contributed by atoms with van der Waals surface area (Å²) in [7, 11) is 0. The number of nitrogens with zero attached hydrogens (tertiary/aromatic N) is 1. The van der Waals surface area contributed by atoms with Gasteiger partial charge >= 0.3 is 0 Å². The summed E-state index contributed by atoms with van der Waals surface area (Å²) in [6.45, 7) is 4.83. The Hall–Kier alpha value is -1.18. The van der Waals surface area contributed by atoms with Crippen molar-refractivity contribution in [1.82, 2.24) is 15.5 Å². The lowest BCUT2D eigenvalue weighted by molar-refractivity contribution is -0.135. The summed E-state index contributed by atoms with van der Waals surface area (Å²) in [5.41, 5.74) is 1.29. The molecule has 2 N–H and O–H groups in total. The highest BCUT2D eigenvalue weighted by Gasteiger charge is 2.69. The highest BCUT2D eigenvalue weighted by molar-refractivity contribution is 9.11. The molecule has 168 valence electrons. The maximum atomic E-state index is 13.2. The second-order valence-electron chi connectivity index (χ2n) is 9.74. The molecule has 3 fully saturated rings. The van der Waals surface area contributed by atoms with Crippen molar-refractivity contribution in [3.8, 4) is 0 Å². The van der Waals surface area contributed by atoms with E-state index < -0.39 is 0 Å². The van der Waals surface area contributed by atoms with Gasteiger partial charge in [0, 0.05) is 13.1 Å². The van der Waals surface area contributed by atoms with Gasteiger partial charge < -0.3 is 15.5 Å². The van der Waals surface area contributed by atoms with Gasteiger partial charge in [-0.15, -0.1) is 11.3 Å². The molecular weight excluding hydrogens is 474 g/mol. The Labute approximate surface area is 197 Å². The highest BCUT2D eigenvalue weighted by Crippen LogP contribution is 2.72. The maximum absolute atomic E-state index is 13.2. The first-order valence-corrected chi connectivity index (χ1v) is 13.4. The fraction of sp³-hybridized carbons (Fsp3) is 0.667. The van der Waals surface area contributed by atoms with Crippen molar-refractivity contribution in [2.45, 2.75) is 45.1 Å². The zero-order valence-corrected chi connectivity index (χ0v) is 20.3. The minimum absolute atomic E-state index is 0.0413. The van der Waals surface area contributed by atoms with Crippen LogP contribution in [0.15, 0.2) is 27.4 Å². The van der Waals surface area contributed by atoms with Gasteiger partial charge in [0.1, 0.15) is 0 Å². The van der Waals surface area contributed by atoms with Gasteiger partial charge in [0.15, 0.2) is 0 Å². The second-order valence-corrected chi connectivity index (χ2v) is 12.0. The van der Waals surface area contributed by atoms with Crippen molar-refractivity contribution in [1.29, 1.82) is 0 Å². The quantitative estimate of drug-likeness (QED) is 0.394. The molecule has 31 heavy (non-hydrogen) atoms. The third kappa shape index (κ3) is 4.25. The van der Waals surface area contributed by atoms with E-state index >= 15 is 0 Å². The molecule has 2 saturated carbocycles. The summed E-state index contributed by atoms with van der Waals surface area (Å²) in [5, 5.41) is 8.37. The number of carbonyl (C=O) groups excluding carboxylic acids is 2. The molecule has 4 aliphatic rings. The summed E-state index contributed by atoms with van der Waals surface area (Å²) in [5.74, 6) is 0.127. The van der Waals surface area contributed by atoms with Gasteiger partial charge in [-0.2, -0.15) is 0 Å². The van der Waals surface area contributed by atoms with Gasteiger partial charge in [0.05, 0.1) is 15.6 Å². The minimum atomic E-state index is -0.232. The van der Waals surface area contributed by atoms with Crippen LogP contribution in [0.3, 0.4) is 0 Å². The molecule has 3 aliphatic carbocycles. The van der Waals surface area contributed by atoms with Crippen molar-refractivity contribution < 1.29 is 9.59 Å². The molecule has 5 nitrogen and oxygen atoms in total. The van der Waals surface area contributed by atoms with E-state index in [2.05, 4.69) is 49.0 Å². The van der Waals surface area contributed by atoms with Crippen LogP contribution in [0.1, 0.15) is 44.1 Å². The summed E-state index contributed by atoms with van der Waals surface area (Å²) < 4.78 is 1.07. The lowest BCUT2D eigenvalue weighted by Crippen LogP contribution is -2.44. The van der Waals surface area contributed by atoms with Gasteiger partial charge in [0.2, 0.25) is 11.8 Å². The number of carbonyl (C=O) groups is 2. The van der Waals surface area contributed by atoms with E-state index in [1.807, 2.05) is 6.07 Å². The van der Waals surface area contributed by atoms with Gasteiger partial charge in [-0.05, 0) is 108 Å². The first-order valence-electron chi connectivity index (χ1n) is 11.8. The third-order valence-corrected chi connectivity index (χ3v) is 9.49. The molecule has 1 spiro atoms. The molecule has 2 amide bonds. The van der Waals surface area contributed by atoms with E-state index in [0.29, 0.717) is 13.1 Å². The van der Waals surface area contributed by atoms with E-state index in [-0.39, 0.29) is 40.9 Å². The SMILES string of the molecule is O=C(NCCCCN1CCCC1)[C@H]1[C@H](C(=O)NCc2csc(Br)c2)[C@@H]2C=C[C@H]1C21CC1. The Balaban J connectivity index is 1.17. The zero-order chi connectivity index (χ0) is 21.4. The van der Waals surface area contributed by atoms with Crippen LogP contribution in [0.4, 0.5) is 0 Å². The monoisotopic (exact) mass is 505 g/mol. The topological polar surface area (TPSA) is 61.4 Å². The number of hydrogen-bond acceptors (Lipinski definition) is 4. The molecule has 0 unspecified atom stereocenters. The van der Waals surface area contributed by atoms with Crippen LogP contribution in [-0.2, 0) is 16.1 Å². The van der Waals surface area contributed by atoms with Crippen molar-refractivity contribution in [3.63, 3.8) is 0 Å². The Kier molecular flexibility index (Phi) is 6.28. The molecule has 4 atom stereocenters. The Morgan fingerprint density at radius 3 is 2.35 bits per heavy atom. The molecule has 1 aromatic heterocycles. The number of thiophene rings is 1. The first-order chi connectivity index (χ1) is 15.1. The number of rotatable bonds is 9. The predicted octanol–water partition coefficient (Wildman–Crippen LogP) is 3.95. The molecule has 2 bridgehead atoms. The van der Waals surface area contributed by atoms with Gasteiger partial charge in [-0.3, -0.25) is 9.59 Å². The first kappa shape index (κ1) is 21.7. The lowest BCUT2D eigenvalue weighted by atomic mass is 9.81. The largest absolute Gasteiger partial charge is 0.356 e. The van der Waals surface area contributed by atoms with E-state index in [4.69, 9.17) is 0 Å². The van der Waals surface area contributed by atoms with E-state index in [0.717, 1.165) is 41.6 Å². The van der Waals surface area contributed by atoms with Crippen molar-refractivity contribution >= 4 is 39.1 Å². The summed E-state index contributed by atoms with van der Waals surface area (Å²) in [6.07, 6.45) is 11.5. The van der Waals surface area contributed by atoms with Crippen molar-refractivity contribution in [2.24, 2.45) is 29.1 Å². The van der Waals surface area contributed by atoms with Crippen LogP contribution in [0.25, 0.3) is 0 Å². The van der Waals surface area contributed by atoms with E-state index in [1.54, 1.807) is 11.3 Å². The van der Waals surface area contributed by atoms with E-state index in [1.165, 1.54) is 25.9 Å². The number of amides is 2. The van der Waals surface area contributed by atoms with Gasteiger partial charge in [-0.1, -0.05) is 12.2 Å². The van der Waals surface area contributed by atoms with Crippen LogP contribution in [0, 0.1) is 29.1 Å². The number of unbranched alkanes of at least 4 members (excludes halogenated alkanes) is 1. The van der Waals surface area contributed by atoms with Crippen molar-refractivity contribution in [2.75, 3.05) is 26.2 Å². The Morgan fingerprint density at radius 1 is 1.06 bits per heavy atom. The molecule has 1 aromatic rings. The highest BCUT2D eigenvalue weighted by atomic mass is 79.9. The number of nitrogens with one attached hydrogen (secondary N) is 2. The molecule has 0 radical (unpaired) electrons. The molecule has 7 heteroatoms. The molecule has 2 heterocycles. The Morgan fingerprint density at radius 2 is 1.74 bits per heavy atom. The standard InChI is InChI=1S/C24H32BrN3O2S/c25-19-13-16(15-31-19)14-27-23(30)21-18-6-5-17(24(18)7-8-24)20(21)22(29)26-9-1-2-10-28-11-3-4-12-28/h5-6,13,15,17-18,20-21H,1-4,7-12,14H2,(H,26,29)(H,27,30)/t17-,18+,20-,21-/m1/s1. The predicted molar refractivity (Wildman–Crippen MR) is 127 cm³/mol. The van der Waals surface area contributed by atoms with E-state index in [9.17, 15) is 9.59 Å². The minimum Gasteiger partial charge on any atom is -0.356 e. The average molecular weight is 507 g/mol. The fourth-order valence-electron chi connectivity index (χ4n) is 6.25. The second kappa shape index (κ2) is 8.99. The third-order valence-electron chi connectivity index (χ3n) is 7.93. The van der Waals surface area contributed by atoms with Gasteiger partial charge in [0.25, 0.3) is 0 Å². The Bertz CT molecular complexity index is 859. The van der Waals surface area contributed by atoms with Crippen LogP contribution in [-0.4, -0.2) is 42.9 Å². The van der Waals surface area contributed by atoms with Crippen molar-refractivity contribution in [3.05, 3.63) is 32.9 Å². The molecule has 1 aliphatic heterocycles. The lowest BCUT2D eigenvalue weighted by Gasteiger charge is -2.26. The summed E-state index contributed by atoms with van der Waals surface area (Å²) in [4.78, 5) is 29.0. The summed E-state index contributed by atoms with van der Waals surface area (Å²) in [6, 6.07) is 2.04. The molecule has 5 rings (SSSR count). The van der Waals surface area contributed by atoms with Crippen LogP contribution >= 0.6 is 27.3 Å². The van der Waals surface area contributed by atoms with Gasteiger partial charge in [-0.25, -0.2) is 0 Å². The van der Waals surface area contributed by atoms with Crippen LogP contribution in [0.2, 0.25) is 0 Å². The number of allylic oxidation sites excluding steroid dienone is 2. The smallest absolute Gasteiger partial charge is 0.224 e.